The van der Waals surface area contributed by atoms with Gasteiger partial charge in [0.1, 0.15) is 0 Å². The van der Waals surface area contributed by atoms with Crippen LogP contribution in [0.4, 0.5) is 0 Å². The summed E-state index contributed by atoms with van der Waals surface area (Å²) in [7, 11) is 0. The van der Waals surface area contributed by atoms with Gasteiger partial charge in [0.25, 0.3) is 0 Å². The van der Waals surface area contributed by atoms with Crippen LogP contribution in [0.2, 0.25) is 0 Å². The third kappa shape index (κ3) is 1.24. The van der Waals surface area contributed by atoms with Crippen LogP contribution in [0.25, 0.3) is 10.8 Å². The Bertz CT molecular complexity index is 578. The van der Waals surface area contributed by atoms with Crippen LogP contribution in [0, 0.1) is 11.8 Å². The van der Waals surface area contributed by atoms with Crippen molar-refractivity contribution in [3.05, 3.63) is 48.0 Å². The summed E-state index contributed by atoms with van der Waals surface area (Å²) in [4.78, 5) is 0. The molecule has 0 bridgehead atoms. The van der Waals surface area contributed by atoms with Gasteiger partial charge in [0.05, 0.1) is 0 Å². The Morgan fingerprint density at radius 2 is 1.82 bits per heavy atom. The molecule has 86 valence electrons. The topological polar surface area (TPSA) is 0 Å². The highest BCUT2D eigenvalue weighted by atomic mass is 14.6. The molecular formula is C17H18. The highest BCUT2D eigenvalue weighted by Gasteiger charge is 2.60. The van der Waals surface area contributed by atoms with E-state index in [-0.39, 0.29) is 0 Å². The van der Waals surface area contributed by atoms with Gasteiger partial charge in [-0.25, -0.2) is 0 Å². The molecule has 0 nitrogen and oxygen atoms in total. The highest BCUT2D eigenvalue weighted by Crippen LogP contribution is 2.66. The van der Waals surface area contributed by atoms with Crippen LogP contribution < -0.4 is 0 Å². The van der Waals surface area contributed by atoms with Gasteiger partial charge in [-0.3, -0.25) is 0 Å². The molecule has 2 fully saturated rings. The van der Waals surface area contributed by atoms with Gasteiger partial charge in [-0.2, -0.15) is 0 Å². The predicted molar refractivity (Wildman–Crippen MR) is 72.1 cm³/mol. The summed E-state index contributed by atoms with van der Waals surface area (Å²) < 4.78 is 0. The smallest absolute Gasteiger partial charge is 0.000671 e. The number of hydrogen-bond acceptors (Lipinski definition) is 0. The summed E-state index contributed by atoms with van der Waals surface area (Å²) in [6.07, 6.45) is 4.29. The lowest BCUT2D eigenvalue weighted by Gasteiger charge is -2.17. The van der Waals surface area contributed by atoms with Crippen molar-refractivity contribution in [2.75, 3.05) is 0 Å². The van der Waals surface area contributed by atoms with Gasteiger partial charge in [-0.1, -0.05) is 49.4 Å². The van der Waals surface area contributed by atoms with E-state index in [2.05, 4.69) is 49.4 Å². The van der Waals surface area contributed by atoms with E-state index in [4.69, 9.17) is 0 Å². The maximum absolute atomic E-state index is 2.42. The summed E-state index contributed by atoms with van der Waals surface area (Å²) in [6, 6.07) is 15.7. The average Bonchev–Trinajstić information content (AvgIpc) is 2.92. The molecule has 0 heteroatoms. The minimum Gasteiger partial charge on any atom is -0.0625 e. The molecule has 2 aromatic rings. The quantitative estimate of drug-likeness (QED) is 0.665. The lowest BCUT2D eigenvalue weighted by Crippen LogP contribution is -2.07. The van der Waals surface area contributed by atoms with Gasteiger partial charge in [0, 0.05) is 0 Å². The molecule has 0 amide bonds. The van der Waals surface area contributed by atoms with Gasteiger partial charge < -0.3 is 0 Å². The van der Waals surface area contributed by atoms with Crippen LogP contribution in [0.15, 0.2) is 42.5 Å². The van der Waals surface area contributed by atoms with E-state index < -0.39 is 0 Å². The van der Waals surface area contributed by atoms with Crippen molar-refractivity contribution in [2.24, 2.45) is 11.8 Å². The summed E-state index contributed by atoms with van der Waals surface area (Å²) in [5, 5.41) is 2.90. The molecule has 2 saturated carbocycles. The zero-order valence-electron chi connectivity index (χ0n) is 10.3. The number of rotatable bonds is 1. The Kier molecular flexibility index (Phi) is 1.79. The van der Waals surface area contributed by atoms with Crippen molar-refractivity contribution in [3.63, 3.8) is 0 Å². The average molecular weight is 222 g/mol. The Morgan fingerprint density at radius 1 is 1.00 bits per heavy atom. The second kappa shape index (κ2) is 3.13. The molecule has 4 rings (SSSR count). The maximum atomic E-state index is 2.42. The summed E-state index contributed by atoms with van der Waals surface area (Å²) in [5.74, 6) is 1.90. The van der Waals surface area contributed by atoms with Gasteiger partial charge >= 0.3 is 0 Å². The minimum absolute atomic E-state index is 0.556. The fourth-order valence-electron chi connectivity index (χ4n) is 4.23. The third-order valence-electron chi connectivity index (χ3n) is 4.96. The zero-order valence-corrected chi connectivity index (χ0v) is 10.3. The Balaban J connectivity index is 1.92. The Hall–Kier alpha value is -1.30. The van der Waals surface area contributed by atoms with E-state index >= 15 is 0 Å². The van der Waals surface area contributed by atoms with Crippen molar-refractivity contribution >= 4 is 10.8 Å². The van der Waals surface area contributed by atoms with E-state index in [1.54, 1.807) is 5.56 Å². The fourth-order valence-corrected chi connectivity index (χ4v) is 4.23. The van der Waals surface area contributed by atoms with Crippen LogP contribution in [0.5, 0.6) is 0 Å². The lowest BCUT2D eigenvalue weighted by molar-refractivity contribution is 0.515. The highest BCUT2D eigenvalue weighted by molar-refractivity contribution is 5.87. The van der Waals surface area contributed by atoms with Crippen LogP contribution in [-0.2, 0) is 5.41 Å². The van der Waals surface area contributed by atoms with Crippen molar-refractivity contribution in [1.29, 1.82) is 0 Å². The van der Waals surface area contributed by atoms with Crippen molar-refractivity contribution in [2.45, 2.75) is 31.6 Å². The predicted octanol–water partition coefficient (Wildman–Crippen LogP) is 4.53. The first-order valence-electron chi connectivity index (χ1n) is 6.78. The van der Waals surface area contributed by atoms with E-state index in [1.807, 2.05) is 0 Å². The SMILES string of the molecule is C[C@H]1C[C@H]2C[C@@]2(c2cccc3ccccc23)C1. The fraction of sp³-hybridized carbons (Fsp3) is 0.412. The van der Waals surface area contributed by atoms with Crippen LogP contribution >= 0.6 is 0 Å². The molecule has 2 aliphatic rings. The third-order valence-corrected chi connectivity index (χ3v) is 4.96. The van der Waals surface area contributed by atoms with E-state index in [1.165, 1.54) is 30.0 Å². The normalized spacial score (nSPS) is 34.9. The van der Waals surface area contributed by atoms with Gasteiger partial charge in [0.2, 0.25) is 0 Å². The molecular weight excluding hydrogens is 204 g/mol. The van der Waals surface area contributed by atoms with E-state index in [0.29, 0.717) is 5.41 Å². The minimum atomic E-state index is 0.556. The van der Waals surface area contributed by atoms with Gasteiger partial charge in [-0.15, -0.1) is 0 Å². The summed E-state index contributed by atoms with van der Waals surface area (Å²) in [5.41, 5.74) is 2.19. The molecule has 0 spiro atoms. The van der Waals surface area contributed by atoms with Crippen LogP contribution in [-0.4, -0.2) is 0 Å². The second-order valence-corrected chi connectivity index (χ2v) is 6.13. The Labute approximate surface area is 103 Å². The first kappa shape index (κ1) is 9.70. The number of hydrogen-bond donors (Lipinski definition) is 0. The first-order chi connectivity index (χ1) is 8.29. The van der Waals surface area contributed by atoms with E-state index in [0.717, 1.165) is 11.8 Å². The molecule has 17 heavy (non-hydrogen) atoms. The molecule has 0 N–H and O–H groups in total. The molecule has 0 aromatic heterocycles. The Morgan fingerprint density at radius 3 is 2.65 bits per heavy atom. The molecule has 0 aliphatic heterocycles. The summed E-state index contributed by atoms with van der Waals surface area (Å²) >= 11 is 0. The van der Waals surface area contributed by atoms with Gasteiger partial charge in [0.15, 0.2) is 0 Å². The van der Waals surface area contributed by atoms with Gasteiger partial charge in [-0.05, 0) is 52.8 Å². The van der Waals surface area contributed by atoms with Crippen LogP contribution in [0.3, 0.4) is 0 Å². The number of benzene rings is 2. The molecule has 0 saturated heterocycles. The maximum Gasteiger partial charge on any atom is -0.000671 e. The molecule has 3 atom stereocenters. The molecule has 0 radical (unpaired) electrons. The molecule has 0 heterocycles. The largest absolute Gasteiger partial charge is 0.0625 e. The summed E-state index contributed by atoms with van der Waals surface area (Å²) in [6.45, 7) is 2.42. The molecule has 0 unspecified atom stereocenters. The van der Waals surface area contributed by atoms with Crippen molar-refractivity contribution < 1.29 is 0 Å². The van der Waals surface area contributed by atoms with Crippen molar-refractivity contribution in [3.8, 4) is 0 Å². The first-order valence-corrected chi connectivity index (χ1v) is 6.78. The second-order valence-electron chi connectivity index (χ2n) is 6.13. The monoisotopic (exact) mass is 222 g/mol. The lowest BCUT2D eigenvalue weighted by atomic mass is 9.87. The molecule has 2 aromatic carbocycles. The van der Waals surface area contributed by atoms with Crippen molar-refractivity contribution in [1.82, 2.24) is 0 Å². The number of fused-ring (bicyclic) bond motifs is 2. The van der Waals surface area contributed by atoms with E-state index in [9.17, 15) is 0 Å². The molecule has 2 aliphatic carbocycles. The standard InChI is InChI=1S/C17H18/c1-12-9-14-11-17(14,10-12)16-8-4-6-13-5-2-3-7-15(13)16/h2-8,12,14H,9-11H2,1H3/t12-,14-,17-/m0/s1. The zero-order chi connectivity index (χ0) is 11.5. The van der Waals surface area contributed by atoms with Crippen LogP contribution in [0.1, 0.15) is 31.7 Å².